The Bertz CT molecular complexity index is 1960. The summed E-state index contributed by atoms with van der Waals surface area (Å²) in [4.78, 5) is 126. The molecule has 65 heavy (non-hydrogen) atoms. The van der Waals surface area contributed by atoms with Gasteiger partial charge in [-0.25, -0.2) is 9.78 Å². The summed E-state index contributed by atoms with van der Waals surface area (Å²) in [6.45, 7) is 4.19. The van der Waals surface area contributed by atoms with Crippen molar-refractivity contribution in [2.45, 2.75) is 121 Å². The number of nitrogens with two attached hydrogens (primary N) is 3. The second-order valence-corrected chi connectivity index (χ2v) is 15.5. The number of amides is 6. The first-order chi connectivity index (χ1) is 30.6. The molecule has 0 spiro atoms. The van der Waals surface area contributed by atoms with Gasteiger partial charge in [0, 0.05) is 37.6 Å². The molecule has 0 aliphatic heterocycles. The third kappa shape index (κ3) is 19.8. The molecule has 0 radical (unpaired) electrons. The molecule has 0 saturated carbocycles. The van der Waals surface area contributed by atoms with Crippen LogP contribution in [0.25, 0.3) is 0 Å². The number of hydrogen-bond donors (Lipinski definition) is 15. The van der Waals surface area contributed by atoms with Crippen LogP contribution in [0.15, 0.2) is 42.9 Å². The van der Waals surface area contributed by atoms with Crippen molar-refractivity contribution in [3.63, 3.8) is 0 Å². The lowest BCUT2D eigenvalue weighted by atomic mass is 10.0. The number of guanidine groups is 1. The van der Waals surface area contributed by atoms with Crippen LogP contribution >= 0.6 is 0 Å². The Morgan fingerprint density at radius 3 is 1.63 bits per heavy atom. The van der Waals surface area contributed by atoms with Crippen molar-refractivity contribution in [3.05, 3.63) is 54.1 Å². The number of carboxylic acid groups (broad SMARTS) is 3. The van der Waals surface area contributed by atoms with E-state index in [1.165, 1.54) is 26.4 Å². The zero-order chi connectivity index (χ0) is 48.8. The van der Waals surface area contributed by atoms with Crippen LogP contribution in [0.4, 0.5) is 0 Å². The van der Waals surface area contributed by atoms with Crippen molar-refractivity contribution >= 4 is 59.3 Å². The maximum absolute atomic E-state index is 14.0. The van der Waals surface area contributed by atoms with Gasteiger partial charge in [-0.3, -0.25) is 54.8 Å². The predicted octanol–water partition coefficient (Wildman–Crippen LogP) is -5.58. The number of nitrogens with one attached hydrogen (secondary N) is 8. The number of hydrogen-bond acceptors (Lipinski definition) is 12. The average molecular weight is 918 g/mol. The molecule has 0 aliphatic carbocycles. The lowest BCUT2D eigenvalue weighted by Gasteiger charge is -2.28. The largest absolute Gasteiger partial charge is 0.481 e. The van der Waals surface area contributed by atoms with Crippen LogP contribution in [0.1, 0.15) is 70.6 Å². The summed E-state index contributed by atoms with van der Waals surface area (Å²) >= 11 is 0. The number of carbonyl (C=O) groups excluding carboxylic acids is 6. The zero-order valence-corrected chi connectivity index (χ0v) is 36.2. The lowest BCUT2D eigenvalue weighted by molar-refractivity contribution is -0.459. The van der Waals surface area contributed by atoms with E-state index in [9.17, 15) is 63.6 Å². The number of aliphatic carboxylic acids is 3. The fourth-order valence-electron chi connectivity index (χ4n) is 6.18. The van der Waals surface area contributed by atoms with Gasteiger partial charge >= 0.3 is 23.9 Å². The van der Waals surface area contributed by atoms with Crippen LogP contribution in [0, 0.1) is 5.92 Å². The fourth-order valence-corrected chi connectivity index (χ4v) is 6.18. The van der Waals surface area contributed by atoms with Crippen LogP contribution in [0.2, 0.25) is 0 Å². The van der Waals surface area contributed by atoms with Gasteiger partial charge in [0.2, 0.25) is 35.4 Å². The molecule has 1 heterocycles. The Kier molecular flexibility index (Phi) is 22.5. The van der Waals surface area contributed by atoms with Crippen LogP contribution in [0.3, 0.4) is 0 Å². The molecule has 25 nitrogen and oxygen atoms in total. The van der Waals surface area contributed by atoms with Crippen molar-refractivity contribution in [1.82, 2.24) is 41.9 Å². The molecule has 18 N–H and O–H groups in total. The van der Waals surface area contributed by atoms with Gasteiger partial charge in [0.1, 0.15) is 36.3 Å². The minimum Gasteiger partial charge on any atom is -0.481 e. The number of H-pyrrole nitrogens is 1. The molecule has 2 aromatic rings. The number of carbonyl (C=O) groups is 9. The lowest BCUT2D eigenvalue weighted by Crippen LogP contribution is -2.78. The Labute approximate surface area is 373 Å². The zero-order valence-electron chi connectivity index (χ0n) is 36.2. The highest BCUT2D eigenvalue weighted by atomic mass is 16.4. The Morgan fingerprint density at radius 1 is 0.662 bits per heavy atom. The number of aromatic nitrogens is 2. The third-order valence-electron chi connectivity index (χ3n) is 9.73. The molecule has 1 aromatic carbocycles. The summed E-state index contributed by atoms with van der Waals surface area (Å²) in [7, 11) is 0. The maximum atomic E-state index is 14.0. The molecule has 1 aromatic heterocycles. The number of benzene rings is 1. The van der Waals surface area contributed by atoms with Gasteiger partial charge < -0.3 is 63.0 Å². The summed E-state index contributed by atoms with van der Waals surface area (Å²) in [5, 5.41) is 53.2. The summed E-state index contributed by atoms with van der Waals surface area (Å²) < 4.78 is 0. The maximum Gasteiger partial charge on any atom is 0.338 e. The number of carboxylic acids is 3. The summed E-state index contributed by atoms with van der Waals surface area (Å²) in [5.74, 6) is -10.9. The first-order valence-electron chi connectivity index (χ1n) is 20.6. The van der Waals surface area contributed by atoms with Crippen LogP contribution in [-0.2, 0) is 56.0 Å². The summed E-state index contributed by atoms with van der Waals surface area (Å²) in [6, 6.07) is -1.99. The molecule has 0 aliphatic rings. The molecule has 2 rings (SSSR count). The molecular weight excluding hydrogens is 857 g/mol. The monoisotopic (exact) mass is 917 g/mol. The fraction of sp³-hybridized carbons (Fsp3) is 0.525. The minimum absolute atomic E-state index is 0.0487. The first kappa shape index (κ1) is 54.0. The van der Waals surface area contributed by atoms with Gasteiger partial charge in [-0.2, -0.15) is 0 Å². The van der Waals surface area contributed by atoms with E-state index < -0.39 is 133 Å². The predicted molar refractivity (Wildman–Crippen MR) is 228 cm³/mol. The van der Waals surface area contributed by atoms with E-state index in [0.717, 1.165) is 6.92 Å². The Hall–Kier alpha value is -7.15. The Morgan fingerprint density at radius 2 is 1.15 bits per heavy atom. The van der Waals surface area contributed by atoms with Crippen molar-refractivity contribution < 1.29 is 68.6 Å². The van der Waals surface area contributed by atoms with E-state index in [2.05, 4.69) is 46.9 Å². The number of imidazole rings is 1. The van der Waals surface area contributed by atoms with Crippen LogP contribution in [0.5, 0.6) is 0 Å². The number of aromatic amines is 1. The topological polar surface area (TPSA) is 427 Å². The van der Waals surface area contributed by atoms with Crippen molar-refractivity contribution in [2.24, 2.45) is 23.1 Å². The van der Waals surface area contributed by atoms with Crippen molar-refractivity contribution in [3.8, 4) is 0 Å². The molecule has 0 unspecified atom stereocenters. The van der Waals surface area contributed by atoms with Crippen LogP contribution in [-0.4, -0.2) is 145 Å². The number of nitrogens with zero attached hydrogens (tertiary/aromatic N) is 1. The highest BCUT2D eigenvalue weighted by Gasteiger charge is 2.36. The number of aliphatic hydroxyl groups is 1. The van der Waals surface area contributed by atoms with Crippen molar-refractivity contribution in [2.75, 3.05) is 6.54 Å². The highest BCUT2D eigenvalue weighted by molar-refractivity contribution is 5.97. The molecule has 25 heteroatoms. The van der Waals surface area contributed by atoms with E-state index in [-0.39, 0.29) is 38.2 Å². The van der Waals surface area contributed by atoms with E-state index >= 15 is 0 Å². The molecular formula is C40H61N12O13+. The van der Waals surface area contributed by atoms with Gasteiger partial charge in [0.05, 0.1) is 25.0 Å². The van der Waals surface area contributed by atoms with Gasteiger partial charge in [-0.15, -0.1) is 0 Å². The molecule has 8 atom stereocenters. The summed E-state index contributed by atoms with van der Waals surface area (Å²) in [6.07, 6.45) is -1.27. The molecule has 6 amide bonds. The second-order valence-electron chi connectivity index (χ2n) is 15.5. The first-order valence-corrected chi connectivity index (χ1v) is 20.6. The van der Waals surface area contributed by atoms with E-state index in [0.29, 0.717) is 11.3 Å². The van der Waals surface area contributed by atoms with Gasteiger partial charge in [0.15, 0.2) is 0 Å². The van der Waals surface area contributed by atoms with Gasteiger partial charge in [-0.05, 0) is 44.1 Å². The minimum atomic E-state index is -1.89. The molecule has 0 saturated heterocycles. The summed E-state index contributed by atoms with van der Waals surface area (Å²) in [5.41, 5.74) is 18.3. The SMILES string of the molecule is CC(C)[C@H](NC(=O)[C@H](CCC(=O)O)NC(=O)[C@@H](NC(=O)[C@H](CCC(=O)O)NC(=O)[C@H](CCC[NH+]=C(N)N)NC(=O)[C@H](Cc1ccccc1)NC(=O)[C@@H](N)Cc1cnc[nH]1)[C@@H](C)O)C(=O)O. The highest BCUT2D eigenvalue weighted by Crippen LogP contribution is 2.10. The van der Waals surface area contributed by atoms with Crippen molar-refractivity contribution in [1.29, 1.82) is 0 Å². The Balaban J connectivity index is 2.41. The van der Waals surface area contributed by atoms with Gasteiger partial charge in [-0.1, -0.05) is 44.2 Å². The van der Waals surface area contributed by atoms with Crippen LogP contribution < -0.4 is 54.1 Å². The van der Waals surface area contributed by atoms with Gasteiger partial charge in [0.25, 0.3) is 0 Å². The smallest absolute Gasteiger partial charge is 0.338 e. The quantitative estimate of drug-likeness (QED) is 0.0205. The molecule has 358 valence electrons. The number of aliphatic hydroxyl groups excluding tert-OH is 1. The van der Waals surface area contributed by atoms with E-state index in [1.54, 1.807) is 30.3 Å². The molecule has 0 fully saturated rings. The average Bonchev–Trinajstić information content (AvgIpc) is 3.75. The van der Waals surface area contributed by atoms with E-state index in [1.807, 2.05) is 0 Å². The normalized spacial score (nSPS) is 14.7. The second kappa shape index (κ2) is 27.1. The third-order valence-corrected chi connectivity index (χ3v) is 9.73. The standard InChI is InChI=1S/C40H60N12O13/c1-20(2)31(39(64)65)51-35(60)27(12-14-30(56)57)49-38(63)32(21(3)53)52-36(61)26(11-13-29(54)55)48-34(59)25(10-7-15-45-40(42)43)47-37(62)28(16-22-8-5-4-6-9-22)50-33(58)24(41)17-23-18-44-19-46-23/h4-6,8-9,18-21,24-28,31-32,53H,7,10-17,41H2,1-3H3,(H,44,46)(H,47,62)(H,48,59)(H,49,63)(H,50,58)(H,51,60)(H,52,61)(H,54,55)(H,56,57)(H,64,65)(H4,42,43,45)/p+1/t21-,24+,25+,26+,27+,28+,31+,32+/m1/s1. The number of rotatable bonds is 29. The van der Waals surface area contributed by atoms with E-state index in [4.69, 9.17) is 17.2 Å². The molecule has 0 bridgehead atoms.